The Hall–Kier alpha value is -3.58. The summed E-state index contributed by atoms with van der Waals surface area (Å²) in [7, 11) is 5.64. The first kappa shape index (κ1) is 22.6. The van der Waals surface area contributed by atoms with Gasteiger partial charge in [-0.1, -0.05) is 18.2 Å². The second-order valence-electron chi connectivity index (χ2n) is 8.93. The number of fused-ring (bicyclic) bond motifs is 2. The number of nitrogens with zero attached hydrogens (tertiary/aromatic N) is 3. The number of aryl methyl sites for hydroxylation is 2. The molecule has 1 aromatic heterocycles. The van der Waals surface area contributed by atoms with Crippen molar-refractivity contribution in [2.45, 2.75) is 26.9 Å². The average molecular weight is 447 g/mol. The molecule has 7 heteroatoms. The van der Waals surface area contributed by atoms with Gasteiger partial charge in [0.1, 0.15) is 5.75 Å². The Labute approximate surface area is 193 Å². The molecule has 2 N–H and O–H groups in total. The smallest absolute Gasteiger partial charge is 0.258 e. The van der Waals surface area contributed by atoms with Crippen LogP contribution in [0.2, 0.25) is 0 Å². The molecule has 7 nitrogen and oxygen atoms in total. The number of anilines is 1. The number of aromatic hydroxyl groups is 1. The topological polar surface area (TPSA) is 79.9 Å². The van der Waals surface area contributed by atoms with Crippen LogP contribution in [0.15, 0.2) is 42.5 Å². The summed E-state index contributed by atoms with van der Waals surface area (Å²) < 4.78 is 0. The van der Waals surface area contributed by atoms with E-state index in [2.05, 4.69) is 4.98 Å². The number of carbonyl (C=O) groups excluding carboxylic acids is 2. The van der Waals surface area contributed by atoms with E-state index in [-0.39, 0.29) is 23.1 Å². The summed E-state index contributed by atoms with van der Waals surface area (Å²) in [5.74, 6) is -0.380. The molecule has 4 rings (SSSR count). The fourth-order valence-electron chi connectivity index (χ4n) is 4.30. The highest BCUT2D eigenvalue weighted by molar-refractivity contribution is 6.03. The van der Waals surface area contributed by atoms with Crippen LogP contribution in [0.4, 0.5) is 5.69 Å². The van der Waals surface area contributed by atoms with Gasteiger partial charge in [-0.15, -0.1) is 0 Å². The van der Waals surface area contributed by atoms with Crippen molar-refractivity contribution in [1.82, 2.24) is 14.8 Å². The number of aromatic amines is 1. The summed E-state index contributed by atoms with van der Waals surface area (Å²) in [4.78, 5) is 34.6. The first-order chi connectivity index (χ1) is 15.7. The molecule has 172 valence electrons. The average Bonchev–Trinajstić information content (AvgIpc) is 3.32. The van der Waals surface area contributed by atoms with Gasteiger partial charge < -0.3 is 24.8 Å². The quantitative estimate of drug-likeness (QED) is 0.586. The molecule has 0 saturated carbocycles. The van der Waals surface area contributed by atoms with E-state index in [0.29, 0.717) is 19.6 Å². The van der Waals surface area contributed by atoms with E-state index in [4.69, 9.17) is 0 Å². The van der Waals surface area contributed by atoms with Crippen LogP contribution in [-0.4, -0.2) is 59.4 Å². The Bertz CT molecular complexity index is 1270. The van der Waals surface area contributed by atoms with Crippen LogP contribution in [0.5, 0.6) is 5.75 Å². The number of aromatic nitrogens is 1. The van der Waals surface area contributed by atoms with Crippen LogP contribution in [0.1, 0.15) is 32.7 Å². The van der Waals surface area contributed by atoms with Crippen LogP contribution in [0, 0.1) is 13.8 Å². The second kappa shape index (κ2) is 8.75. The number of phenolic OH excluding ortho intramolecular Hbond substituents is 1. The largest absolute Gasteiger partial charge is 0.507 e. The maximum Gasteiger partial charge on any atom is 0.258 e. The molecule has 2 heterocycles. The number of nitrogens with one attached hydrogen (secondary N) is 1. The minimum absolute atomic E-state index is 0.0387. The number of benzene rings is 2. The minimum atomic E-state index is -0.227. The Morgan fingerprint density at radius 1 is 1.15 bits per heavy atom. The van der Waals surface area contributed by atoms with Crippen LogP contribution in [-0.2, 0) is 17.9 Å². The van der Waals surface area contributed by atoms with Gasteiger partial charge in [-0.3, -0.25) is 9.59 Å². The van der Waals surface area contributed by atoms with E-state index >= 15 is 0 Å². The molecule has 1 aliphatic heterocycles. The van der Waals surface area contributed by atoms with Gasteiger partial charge in [-0.05, 0) is 51.2 Å². The molecule has 3 aromatic rings. The van der Waals surface area contributed by atoms with Gasteiger partial charge in [0.2, 0.25) is 5.91 Å². The van der Waals surface area contributed by atoms with Gasteiger partial charge >= 0.3 is 0 Å². The van der Waals surface area contributed by atoms with Gasteiger partial charge in [0.15, 0.2) is 0 Å². The second-order valence-corrected chi connectivity index (χ2v) is 8.93. The predicted octanol–water partition coefficient (Wildman–Crippen LogP) is 3.73. The van der Waals surface area contributed by atoms with E-state index in [9.17, 15) is 14.7 Å². The summed E-state index contributed by atoms with van der Waals surface area (Å²) >= 11 is 0. The van der Waals surface area contributed by atoms with Crippen molar-refractivity contribution in [2.75, 3.05) is 32.6 Å². The Morgan fingerprint density at radius 3 is 2.64 bits per heavy atom. The third-order valence-corrected chi connectivity index (χ3v) is 6.32. The lowest BCUT2D eigenvalue weighted by atomic mass is 10.1. The van der Waals surface area contributed by atoms with Crippen LogP contribution in [0.25, 0.3) is 10.9 Å². The van der Waals surface area contributed by atoms with Crippen LogP contribution >= 0.6 is 0 Å². The number of H-pyrrole nitrogens is 1. The molecule has 0 atom stereocenters. The zero-order valence-corrected chi connectivity index (χ0v) is 19.8. The molecular weight excluding hydrogens is 416 g/mol. The van der Waals surface area contributed by atoms with Crippen molar-refractivity contribution in [3.05, 3.63) is 70.4 Å². The summed E-state index contributed by atoms with van der Waals surface area (Å²) in [6.07, 6.45) is 3.41. The number of hydrogen-bond acceptors (Lipinski definition) is 4. The first-order valence-electron chi connectivity index (χ1n) is 11.0. The van der Waals surface area contributed by atoms with Gasteiger partial charge in [-0.25, -0.2) is 0 Å². The lowest BCUT2D eigenvalue weighted by molar-refractivity contribution is -0.113. The van der Waals surface area contributed by atoms with E-state index in [1.165, 1.54) is 0 Å². The van der Waals surface area contributed by atoms with Gasteiger partial charge in [-0.2, -0.15) is 0 Å². The van der Waals surface area contributed by atoms with E-state index in [1.54, 1.807) is 35.1 Å². The van der Waals surface area contributed by atoms with Gasteiger partial charge in [0, 0.05) is 66.7 Å². The molecule has 0 aliphatic carbocycles. The maximum atomic E-state index is 13.4. The highest BCUT2D eigenvalue weighted by Gasteiger charge is 2.29. The number of likely N-dealkylation sites (N-methyl/N-ethyl adjacent to an activating group) is 2. The third-order valence-electron chi connectivity index (χ3n) is 6.32. The summed E-state index contributed by atoms with van der Waals surface area (Å²) in [5.41, 5.74) is 5.93. The molecule has 2 aromatic carbocycles. The number of amides is 2. The molecule has 1 aliphatic rings. The summed E-state index contributed by atoms with van der Waals surface area (Å²) in [6.45, 7) is 5.47. The monoisotopic (exact) mass is 446 g/mol. The molecule has 0 unspecified atom stereocenters. The standard InChI is InChI=1S/C26H30N4O3/c1-16-17(2)27-22-13-24(31)20(12-19(16)22)26(33)30-14-18-8-6-9-23(21(18)15-30)29(5)25(32)10-7-11-28(3)4/h6-10,12-13,27,31H,11,14-15H2,1-5H3/b10-7+. The number of carbonyl (C=O) groups is 2. The first-order valence-corrected chi connectivity index (χ1v) is 11.0. The molecule has 33 heavy (non-hydrogen) atoms. The lowest BCUT2D eigenvalue weighted by Gasteiger charge is -2.20. The zero-order chi connectivity index (χ0) is 23.9. The molecule has 0 saturated heterocycles. The molecular formula is C26H30N4O3. The summed E-state index contributed by atoms with van der Waals surface area (Å²) in [6, 6.07) is 9.17. The maximum absolute atomic E-state index is 13.4. The van der Waals surface area contributed by atoms with Crippen molar-refractivity contribution in [1.29, 1.82) is 0 Å². The normalized spacial score (nSPS) is 13.3. The van der Waals surface area contributed by atoms with Gasteiger partial charge in [0.05, 0.1) is 5.56 Å². The lowest BCUT2D eigenvalue weighted by Crippen LogP contribution is -2.27. The predicted molar refractivity (Wildman–Crippen MR) is 131 cm³/mol. The van der Waals surface area contributed by atoms with Crippen molar-refractivity contribution in [2.24, 2.45) is 0 Å². The number of rotatable bonds is 5. The van der Waals surface area contributed by atoms with E-state index < -0.39 is 0 Å². The van der Waals surface area contributed by atoms with Gasteiger partial charge in [0.25, 0.3) is 5.91 Å². The number of hydrogen-bond donors (Lipinski definition) is 2. The van der Waals surface area contributed by atoms with Crippen LogP contribution in [0.3, 0.4) is 0 Å². The molecule has 0 bridgehead atoms. The fourth-order valence-corrected chi connectivity index (χ4v) is 4.30. The van der Waals surface area contributed by atoms with Crippen LogP contribution < -0.4 is 4.90 Å². The van der Waals surface area contributed by atoms with Crippen molar-refractivity contribution in [3.8, 4) is 5.75 Å². The molecule has 0 spiro atoms. The van der Waals surface area contributed by atoms with Crippen molar-refractivity contribution >= 4 is 28.4 Å². The minimum Gasteiger partial charge on any atom is -0.507 e. The fraction of sp³-hybridized carbons (Fsp3) is 0.308. The van der Waals surface area contributed by atoms with E-state index in [1.807, 2.05) is 57.1 Å². The SMILES string of the molecule is Cc1[nH]c2cc(O)c(C(=O)N3Cc4cccc(N(C)C(=O)/C=C/CN(C)C)c4C3)cc2c1C. The van der Waals surface area contributed by atoms with Crippen molar-refractivity contribution < 1.29 is 14.7 Å². The highest BCUT2D eigenvalue weighted by atomic mass is 16.3. The van der Waals surface area contributed by atoms with E-state index in [0.717, 1.165) is 39.0 Å². The molecule has 2 amide bonds. The Kier molecular flexibility index (Phi) is 5.99. The zero-order valence-electron chi connectivity index (χ0n) is 19.8. The van der Waals surface area contributed by atoms with Crippen molar-refractivity contribution in [3.63, 3.8) is 0 Å². The Balaban J connectivity index is 1.59. The highest BCUT2D eigenvalue weighted by Crippen LogP contribution is 2.35. The summed E-state index contributed by atoms with van der Waals surface area (Å²) in [5, 5.41) is 11.5. The third kappa shape index (κ3) is 4.24. The molecule has 0 fully saturated rings. The Morgan fingerprint density at radius 2 is 1.91 bits per heavy atom. The number of phenols is 1. The molecule has 0 radical (unpaired) electrons.